The predicted molar refractivity (Wildman–Crippen MR) is 76.8 cm³/mol. The maximum absolute atomic E-state index is 11.9. The summed E-state index contributed by atoms with van der Waals surface area (Å²) in [5, 5.41) is 0. The topological polar surface area (TPSA) is 46.3 Å². The first-order valence-electron chi connectivity index (χ1n) is 6.34. The van der Waals surface area contributed by atoms with Crippen molar-refractivity contribution in [3.8, 4) is 0 Å². The summed E-state index contributed by atoms with van der Waals surface area (Å²) in [4.78, 5) is 13.5. The molecule has 0 spiro atoms. The fourth-order valence-corrected chi connectivity index (χ4v) is 1.74. The summed E-state index contributed by atoms with van der Waals surface area (Å²) < 4.78 is 0. The van der Waals surface area contributed by atoms with Gasteiger partial charge >= 0.3 is 0 Å². The van der Waals surface area contributed by atoms with Gasteiger partial charge in [0.15, 0.2) is 0 Å². The molecule has 3 nitrogen and oxygen atoms in total. The zero-order chi connectivity index (χ0) is 13.9. The lowest BCUT2D eigenvalue weighted by Crippen LogP contribution is -2.31. The maximum Gasteiger partial charge on any atom is 0.228 e. The first kappa shape index (κ1) is 14.7. The van der Waals surface area contributed by atoms with Crippen molar-refractivity contribution >= 4 is 11.6 Å². The molecular weight excluding hydrogens is 224 g/mol. The minimum absolute atomic E-state index is 0.0495. The molecule has 1 rings (SSSR count). The molecule has 0 fully saturated rings. The van der Waals surface area contributed by atoms with Crippen LogP contribution in [0.15, 0.2) is 24.3 Å². The van der Waals surface area contributed by atoms with Crippen molar-refractivity contribution in [1.29, 1.82) is 0 Å². The van der Waals surface area contributed by atoms with Crippen LogP contribution in [0.2, 0.25) is 0 Å². The number of amides is 1. The highest BCUT2D eigenvalue weighted by Gasteiger charge is 2.15. The smallest absolute Gasteiger partial charge is 0.228 e. The Labute approximate surface area is 110 Å². The standard InChI is InChI=1S/C15H24N2O/c1-11(16)10-14(18)17(5)13-8-6-12(7-9-13)15(2,3)4/h6-9,11H,10,16H2,1-5H3. The summed E-state index contributed by atoms with van der Waals surface area (Å²) in [6.07, 6.45) is 0.373. The SMILES string of the molecule is CC(N)CC(=O)N(C)c1ccc(C(C)(C)C)cc1. The Balaban J connectivity index is 2.82. The van der Waals surface area contributed by atoms with Crippen LogP contribution >= 0.6 is 0 Å². The van der Waals surface area contributed by atoms with Gasteiger partial charge in [0.1, 0.15) is 0 Å². The summed E-state index contributed by atoms with van der Waals surface area (Å²) in [6.45, 7) is 8.36. The summed E-state index contributed by atoms with van der Waals surface area (Å²) in [6, 6.07) is 8.02. The molecule has 1 aromatic carbocycles. The van der Waals surface area contributed by atoms with E-state index in [1.54, 1.807) is 11.9 Å². The molecule has 1 atom stereocenters. The maximum atomic E-state index is 11.9. The number of nitrogens with two attached hydrogens (primary N) is 1. The quantitative estimate of drug-likeness (QED) is 0.894. The molecule has 100 valence electrons. The van der Waals surface area contributed by atoms with Crippen molar-refractivity contribution in [2.24, 2.45) is 5.73 Å². The number of rotatable bonds is 3. The first-order chi connectivity index (χ1) is 8.21. The lowest BCUT2D eigenvalue weighted by molar-refractivity contribution is -0.118. The number of hydrogen-bond donors (Lipinski definition) is 1. The third kappa shape index (κ3) is 3.84. The van der Waals surface area contributed by atoms with Gasteiger partial charge in [-0.1, -0.05) is 32.9 Å². The molecule has 0 aliphatic rings. The van der Waals surface area contributed by atoms with E-state index in [2.05, 4.69) is 32.9 Å². The van der Waals surface area contributed by atoms with E-state index in [1.807, 2.05) is 19.1 Å². The van der Waals surface area contributed by atoms with E-state index in [9.17, 15) is 4.79 Å². The fourth-order valence-electron chi connectivity index (χ4n) is 1.74. The van der Waals surface area contributed by atoms with E-state index in [0.29, 0.717) is 6.42 Å². The Kier molecular flexibility index (Phi) is 4.52. The van der Waals surface area contributed by atoms with Gasteiger partial charge in [0, 0.05) is 25.2 Å². The van der Waals surface area contributed by atoms with E-state index < -0.39 is 0 Å². The van der Waals surface area contributed by atoms with Gasteiger partial charge in [-0.25, -0.2) is 0 Å². The molecule has 0 aliphatic carbocycles. The molecule has 1 amide bonds. The molecule has 0 aromatic heterocycles. The molecule has 0 heterocycles. The summed E-state index contributed by atoms with van der Waals surface area (Å²) in [5.74, 6) is 0.0495. The highest BCUT2D eigenvalue weighted by Crippen LogP contribution is 2.24. The molecule has 1 aromatic rings. The number of benzene rings is 1. The van der Waals surface area contributed by atoms with Crippen molar-refractivity contribution < 1.29 is 4.79 Å². The van der Waals surface area contributed by atoms with Gasteiger partial charge in [-0.2, -0.15) is 0 Å². The van der Waals surface area contributed by atoms with Crippen LogP contribution in [-0.2, 0) is 10.2 Å². The summed E-state index contributed by atoms with van der Waals surface area (Å²) >= 11 is 0. The average Bonchev–Trinajstić information content (AvgIpc) is 2.26. The zero-order valence-electron chi connectivity index (χ0n) is 12.0. The van der Waals surface area contributed by atoms with Crippen LogP contribution in [0.4, 0.5) is 5.69 Å². The van der Waals surface area contributed by atoms with Crippen molar-refractivity contribution in [1.82, 2.24) is 0 Å². The van der Waals surface area contributed by atoms with Gasteiger partial charge in [0.25, 0.3) is 0 Å². The number of hydrogen-bond acceptors (Lipinski definition) is 2. The van der Waals surface area contributed by atoms with Crippen LogP contribution in [0.25, 0.3) is 0 Å². The Bertz CT molecular complexity index is 401. The second kappa shape index (κ2) is 5.53. The van der Waals surface area contributed by atoms with Crippen LogP contribution in [0.1, 0.15) is 39.7 Å². The average molecular weight is 248 g/mol. The fraction of sp³-hybridized carbons (Fsp3) is 0.533. The highest BCUT2D eigenvalue weighted by molar-refractivity contribution is 5.93. The monoisotopic (exact) mass is 248 g/mol. The van der Waals surface area contributed by atoms with Crippen molar-refractivity contribution in [3.63, 3.8) is 0 Å². The van der Waals surface area contributed by atoms with E-state index in [1.165, 1.54) is 5.56 Å². The highest BCUT2D eigenvalue weighted by atomic mass is 16.2. The van der Waals surface area contributed by atoms with E-state index in [4.69, 9.17) is 5.73 Å². The molecule has 0 radical (unpaired) electrons. The third-order valence-electron chi connectivity index (χ3n) is 2.99. The normalized spacial score (nSPS) is 13.2. The molecule has 1 unspecified atom stereocenters. The molecule has 18 heavy (non-hydrogen) atoms. The minimum atomic E-state index is -0.103. The van der Waals surface area contributed by atoms with Crippen LogP contribution in [0.3, 0.4) is 0 Å². The van der Waals surface area contributed by atoms with Gasteiger partial charge in [0.2, 0.25) is 5.91 Å². The Hall–Kier alpha value is -1.35. The van der Waals surface area contributed by atoms with Gasteiger partial charge in [-0.3, -0.25) is 4.79 Å². The number of nitrogens with zero attached hydrogens (tertiary/aromatic N) is 1. The molecule has 0 bridgehead atoms. The number of carbonyl (C=O) groups excluding carboxylic acids is 1. The van der Waals surface area contributed by atoms with Crippen molar-refractivity contribution in [2.75, 3.05) is 11.9 Å². The van der Waals surface area contributed by atoms with Crippen LogP contribution in [0.5, 0.6) is 0 Å². The van der Waals surface area contributed by atoms with E-state index >= 15 is 0 Å². The van der Waals surface area contributed by atoms with Crippen molar-refractivity contribution in [3.05, 3.63) is 29.8 Å². The summed E-state index contributed by atoms with van der Waals surface area (Å²) in [5.41, 5.74) is 7.95. The van der Waals surface area contributed by atoms with Crippen LogP contribution in [-0.4, -0.2) is 19.0 Å². The van der Waals surface area contributed by atoms with Gasteiger partial charge in [-0.15, -0.1) is 0 Å². The molecule has 0 saturated carbocycles. The third-order valence-corrected chi connectivity index (χ3v) is 2.99. The van der Waals surface area contributed by atoms with Gasteiger partial charge in [0.05, 0.1) is 0 Å². The largest absolute Gasteiger partial charge is 0.327 e. The molecular formula is C15H24N2O. The number of anilines is 1. The first-order valence-corrected chi connectivity index (χ1v) is 6.34. The molecule has 3 heteroatoms. The van der Waals surface area contributed by atoms with E-state index in [0.717, 1.165) is 5.69 Å². The Morgan fingerprint density at radius 1 is 1.28 bits per heavy atom. The Morgan fingerprint density at radius 3 is 2.17 bits per heavy atom. The lowest BCUT2D eigenvalue weighted by atomic mass is 9.87. The van der Waals surface area contributed by atoms with Gasteiger partial charge < -0.3 is 10.6 Å². The van der Waals surface area contributed by atoms with Crippen molar-refractivity contribution in [2.45, 2.75) is 45.6 Å². The van der Waals surface area contributed by atoms with E-state index in [-0.39, 0.29) is 17.4 Å². The number of carbonyl (C=O) groups is 1. The lowest BCUT2D eigenvalue weighted by Gasteiger charge is -2.22. The second-order valence-electron chi connectivity index (χ2n) is 5.93. The predicted octanol–water partition coefficient (Wildman–Crippen LogP) is 2.68. The Morgan fingerprint density at radius 2 is 1.78 bits per heavy atom. The molecule has 0 saturated heterocycles. The van der Waals surface area contributed by atoms with Gasteiger partial charge in [-0.05, 0) is 30.0 Å². The zero-order valence-corrected chi connectivity index (χ0v) is 12.0. The molecule has 2 N–H and O–H groups in total. The summed E-state index contributed by atoms with van der Waals surface area (Å²) in [7, 11) is 1.79. The van der Waals surface area contributed by atoms with Crippen LogP contribution in [0, 0.1) is 0 Å². The molecule has 0 aliphatic heterocycles. The second-order valence-corrected chi connectivity index (χ2v) is 5.93. The minimum Gasteiger partial charge on any atom is -0.327 e. The van der Waals surface area contributed by atoms with Crippen LogP contribution < -0.4 is 10.6 Å².